The fraction of sp³-hybridized carbons (Fsp3) is 0.417. The van der Waals surface area contributed by atoms with Crippen molar-refractivity contribution in [1.29, 1.82) is 0 Å². The van der Waals surface area contributed by atoms with E-state index in [0.29, 0.717) is 12.2 Å². The summed E-state index contributed by atoms with van der Waals surface area (Å²) in [4.78, 5) is 12.4. The highest BCUT2D eigenvalue weighted by Crippen LogP contribution is 2.22. The number of thiocarbonyl (C=S) groups is 1. The summed E-state index contributed by atoms with van der Waals surface area (Å²) in [5, 5.41) is 6.04. The van der Waals surface area contributed by atoms with Gasteiger partial charge in [0.1, 0.15) is 5.75 Å². The van der Waals surface area contributed by atoms with Crippen LogP contribution in [0.5, 0.6) is 5.75 Å². The minimum Gasteiger partial charge on any atom is -0.494 e. The first-order valence-corrected chi connectivity index (χ1v) is 10.7. The van der Waals surface area contributed by atoms with E-state index in [-0.39, 0.29) is 16.4 Å². The van der Waals surface area contributed by atoms with Crippen LogP contribution in [0.25, 0.3) is 0 Å². The zero-order valence-electron chi connectivity index (χ0n) is 17.9. The molecule has 0 aliphatic rings. The van der Waals surface area contributed by atoms with E-state index < -0.39 is 0 Å². The van der Waals surface area contributed by atoms with Crippen molar-refractivity contribution in [2.75, 3.05) is 11.9 Å². The Labute approximate surface area is 180 Å². The highest BCUT2D eigenvalue weighted by atomic mass is 32.1. The molecule has 2 N–H and O–H groups in total. The molecule has 1 amide bonds. The lowest BCUT2D eigenvalue weighted by atomic mass is 9.87. The summed E-state index contributed by atoms with van der Waals surface area (Å²) in [6, 6.07) is 15.2. The third kappa shape index (κ3) is 7.86. The maximum atomic E-state index is 12.4. The largest absolute Gasteiger partial charge is 0.494 e. The van der Waals surface area contributed by atoms with Crippen molar-refractivity contribution in [2.24, 2.45) is 0 Å². The highest BCUT2D eigenvalue weighted by molar-refractivity contribution is 7.80. The molecular weight excluding hydrogens is 380 g/mol. The number of hydrogen-bond acceptors (Lipinski definition) is 3. The number of hydrogen-bond donors (Lipinski definition) is 2. The van der Waals surface area contributed by atoms with Crippen LogP contribution in [0.2, 0.25) is 0 Å². The number of carbonyl (C=O) groups excluding carboxylic acids is 1. The SMILES string of the molecule is CCCCCCOc1cccc(NC(=S)NC(=O)c2ccc(C(C)(C)C)cc2)c1. The molecule has 0 bridgehead atoms. The monoisotopic (exact) mass is 412 g/mol. The lowest BCUT2D eigenvalue weighted by Crippen LogP contribution is -2.34. The summed E-state index contributed by atoms with van der Waals surface area (Å²) in [6.45, 7) is 9.33. The van der Waals surface area contributed by atoms with Crippen molar-refractivity contribution in [3.8, 4) is 5.75 Å². The van der Waals surface area contributed by atoms with E-state index in [0.717, 1.165) is 17.9 Å². The quantitative estimate of drug-likeness (QED) is 0.408. The second-order valence-corrected chi connectivity index (χ2v) is 8.58. The van der Waals surface area contributed by atoms with E-state index in [1.165, 1.54) is 24.8 Å². The molecule has 0 aliphatic carbocycles. The molecule has 4 nitrogen and oxygen atoms in total. The van der Waals surface area contributed by atoms with E-state index in [2.05, 4.69) is 38.3 Å². The molecule has 0 spiro atoms. The van der Waals surface area contributed by atoms with E-state index in [1.54, 1.807) is 0 Å². The van der Waals surface area contributed by atoms with Crippen molar-refractivity contribution in [2.45, 2.75) is 58.8 Å². The van der Waals surface area contributed by atoms with Crippen LogP contribution in [-0.2, 0) is 5.41 Å². The van der Waals surface area contributed by atoms with Crippen molar-refractivity contribution < 1.29 is 9.53 Å². The van der Waals surface area contributed by atoms with Gasteiger partial charge in [0.25, 0.3) is 5.91 Å². The maximum Gasteiger partial charge on any atom is 0.257 e. The first-order chi connectivity index (χ1) is 13.8. The van der Waals surface area contributed by atoms with Gasteiger partial charge >= 0.3 is 0 Å². The lowest BCUT2D eigenvalue weighted by molar-refractivity contribution is 0.0977. The summed E-state index contributed by atoms with van der Waals surface area (Å²) >= 11 is 5.29. The van der Waals surface area contributed by atoms with Crippen LogP contribution in [-0.4, -0.2) is 17.6 Å². The van der Waals surface area contributed by atoms with Crippen molar-refractivity contribution in [3.63, 3.8) is 0 Å². The number of nitrogens with one attached hydrogen (secondary N) is 2. The van der Waals surface area contributed by atoms with E-state index in [4.69, 9.17) is 17.0 Å². The number of anilines is 1. The Morgan fingerprint density at radius 3 is 2.41 bits per heavy atom. The Morgan fingerprint density at radius 1 is 1.03 bits per heavy atom. The Balaban J connectivity index is 1.87. The number of ether oxygens (including phenoxy) is 1. The number of unbranched alkanes of at least 4 members (excludes halogenated alkanes) is 3. The summed E-state index contributed by atoms with van der Waals surface area (Å²) in [5.41, 5.74) is 2.59. The van der Waals surface area contributed by atoms with E-state index in [9.17, 15) is 4.79 Å². The standard InChI is InChI=1S/C24H32N2O2S/c1-5-6-7-8-16-28-21-11-9-10-20(17-21)25-23(29)26-22(27)18-12-14-19(15-13-18)24(2,3)4/h9-15,17H,5-8,16H2,1-4H3,(H2,25,26,27,29). The Bertz CT molecular complexity index is 810. The van der Waals surface area contributed by atoms with Crippen LogP contribution in [0.1, 0.15) is 69.3 Å². The third-order valence-corrected chi connectivity index (χ3v) is 4.80. The number of amides is 1. The van der Waals surface area contributed by atoms with Gasteiger partial charge < -0.3 is 10.1 Å². The minimum atomic E-state index is -0.230. The molecule has 2 aromatic rings. The average Bonchev–Trinajstić information content (AvgIpc) is 2.67. The lowest BCUT2D eigenvalue weighted by Gasteiger charge is -2.19. The Morgan fingerprint density at radius 2 is 1.76 bits per heavy atom. The van der Waals surface area contributed by atoms with Gasteiger partial charge in [-0.05, 0) is 53.9 Å². The van der Waals surface area contributed by atoms with Crippen LogP contribution in [0.15, 0.2) is 48.5 Å². The predicted molar refractivity (Wildman–Crippen MR) is 125 cm³/mol. The highest BCUT2D eigenvalue weighted by Gasteiger charge is 2.14. The summed E-state index contributed by atoms with van der Waals surface area (Å²) in [5.74, 6) is 0.560. The molecule has 0 aromatic heterocycles. The maximum absolute atomic E-state index is 12.4. The first-order valence-electron chi connectivity index (χ1n) is 10.3. The molecular formula is C24H32N2O2S. The van der Waals surface area contributed by atoms with Crippen LogP contribution in [0.4, 0.5) is 5.69 Å². The topological polar surface area (TPSA) is 50.4 Å². The van der Waals surface area contributed by atoms with E-state index in [1.807, 2.05) is 48.5 Å². The zero-order chi connectivity index (χ0) is 21.3. The fourth-order valence-corrected chi connectivity index (χ4v) is 3.05. The number of rotatable bonds is 8. The van der Waals surface area contributed by atoms with Crippen LogP contribution in [0, 0.1) is 0 Å². The molecule has 5 heteroatoms. The molecule has 0 heterocycles. The van der Waals surface area contributed by atoms with Crippen LogP contribution < -0.4 is 15.4 Å². The van der Waals surface area contributed by atoms with Crippen molar-refractivity contribution in [3.05, 3.63) is 59.7 Å². The van der Waals surface area contributed by atoms with Gasteiger partial charge in [-0.2, -0.15) is 0 Å². The van der Waals surface area contributed by atoms with Gasteiger partial charge in [-0.3, -0.25) is 10.1 Å². The second kappa shape index (κ2) is 11.0. The van der Waals surface area contributed by atoms with Gasteiger partial charge in [-0.15, -0.1) is 0 Å². The zero-order valence-corrected chi connectivity index (χ0v) is 18.7. The minimum absolute atomic E-state index is 0.0505. The summed E-state index contributed by atoms with van der Waals surface area (Å²) in [6.07, 6.45) is 4.68. The van der Waals surface area contributed by atoms with Crippen LogP contribution >= 0.6 is 12.2 Å². The fourth-order valence-electron chi connectivity index (χ4n) is 2.84. The normalized spacial score (nSPS) is 11.0. The second-order valence-electron chi connectivity index (χ2n) is 8.17. The smallest absolute Gasteiger partial charge is 0.257 e. The molecule has 0 atom stereocenters. The summed E-state index contributed by atoms with van der Waals surface area (Å²) < 4.78 is 5.79. The van der Waals surface area contributed by atoms with Gasteiger partial charge in [0.05, 0.1) is 6.61 Å². The molecule has 29 heavy (non-hydrogen) atoms. The third-order valence-electron chi connectivity index (χ3n) is 4.60. The van der Waals surface area contributed by atoms with Crippen LogP contribution in [0.3, 0.4) is 0 Å². The molecule has 2 rings (SSSR count). The average molecular weight is 413 g/mol. The van der Waals surface area contributed by atoms with Gasteiger partial charge in [0.15, 0.2) is 5.11 Å². The molecule has 0 fully saturated rings. The predicted octanol–water partition coefficient (Wildman–Crippen LogP) is 6.07. The molecule has 0 radical (unpaired) electrons. The molecule has 0 unspecified atom stereocenters. The molecule has 0 aliphatic heterocycles. The molecule has 0 saturated carbocycles. The Kier molecular flexibility index (Phi) is 8.65. The van der Waals surface area contributed by atoms with Gasteiger partial charge in [0.2, 0.25) is 0 Å². The van der Waals surface area contributed by atoms with Gasteiger partial charge in [-0.1, -0.05) is 65.2 Å². The number of carbonyl (C=O) groups is 1. The van der Waals surface area contributed by atoms with Crippen molar-refractivity contribution in [1.82, 2.24) is 5.32 Å². The molecule has 2 aromatic carbocycles. The Hall–Kier alpha value is -2.40. The first kappa shape index (κ1) is 22.9. The van der Waals surface area contributed by atoms with Gasteiger partial charge in [0, 0.05) is 17.3 Å². The van der Waals surface area contributed by atoms with Crippen molar-refractivity contribution >= 4 is 28.9 Å². The van der Waals surface area contributed by atoms with E-state index >= 15 is 0 Å². The summed E-state index contributed by atoms with van der Waals surface area (Å²) in [7, 11) is 0. The molecule has 156 valence electrons. The number of benzene rings is 2. The molecule has 0 saturated heterocycles. The van der Waals surface area contributed by atoms with Gasteiger partial charge in [-0.25, -0.2) is 0 Å².